The van der Waals surface area contributed by atoms with Gasteiger partial charge in [-0.1, -0.05) is 0 Å². The highest BCUT2D eigenvalue weighted by atomic mass is 32.2. The van der Waals surface area contributed by atoms with Crippen molar-refractivity contribution in [1.82, 2.24) is 10.2 Å². The monoisotopic (exact) mass is 174 g/mol. The molecule has 0 bridgehead atoms. The Morgan fingerprint density at radius 3 is 3.09 bits per heavy atom. The van der Waals surface area contributed by atoms with Crippen LogP contribution in [0.2, 0.25) is 0 Å². The van der Waals surface area contributed by atoms with Gasteiger partial charge in [-0.3, -0.25) is 10.1 Å². The van der Waals surface area contributed by atoms with E-state index in [1.54, 1.807) is 0 Å². The summed E-state index contributed by atoms with van der Waals surface area (Å²) in [6, 6.07) is 0. The van der Waals surface area contributed by atoms with Crippen molar-refractivity contribution in [1.29, 1.82) is 0 Å². The first-order valence-corrected chi connectivity index (χ1v) is 5.21. The van der Waals surface area contributed by atoms with E-state index in [4.69, 9.17) is 0 Å². The zero-order valence-corrected chi connectivity index (χ0v) is 7.62. The van der Waals surface area contributed by atoms with Crippen LogP contribution in [0.5, 0.6) is 0 Å². The van der Waals surface area contributed by atoms with E-state index in [1.165, 1.54) is 0 Å². The molecule has 4 heteroatoms. The average molecular weight is 174 g/mol. The average Bonchev–Trinajstić information content (AvgIpc) is 2.37. The van der Waals surface area contributed by atoms with Crippen molar-refractivity contribution in [3.05, 3.63) is 0 Å². The first-order chi connectivity index (χ1) is 5.34. The Bertz CT molecular complexity index is 140. The quantitative estimate of drug-likeness (QED) is 0.615. The molecule has 0 aromatic heterocycles. The van der Waals surface area contributed by atoms with E-state index in [2.05, 4.69) is 11.6 Å². The molecule has 0 spiro atoms. The third kappa shape index (κ3) is 2.71. The largest absolute Gasteiger partial charge is 0.329 e. The van der Waals surface area contributed by atoms with Crippen LogP contribution in [0.15, 0.2) is 0 Å². The van der Waals surface area contributed by atoms with Crippen LogP contribution in [-0.2, 0) is 4.79 Å². The highest BCUT2D eigenvalue weighted by Gasteiger charge is 2.17. The molecule has 0 aromatic rings. The van der Waals surface area contributed by atoms with Crippen molar-refractivity contribution >= 4 is 17.7 Å². The molecule has 1 fully saturated rings. The Balaban J connectivity index is 2.10. The first-order valence-electron chi connectivity index (χ1n) is 3.82. The molecular formula is C7H14N2OS. The van der Waals surface area contributed by atoms with E-state index < -0.39 is 0 Å². The summed E-state index contributed by atoms with van der Waals surface area (Å²) in [6.07, 6.45) is 3.19. The molecule has 1 N–H and O–H groups in total. The summed E-state index contributed by atoms with van der Waals surface area (Å²) in [5.41, 5.74) is 0. The summed E-state index contributed by atoms with van der Waals surface area (Å²) in [6.45, 7) is 2.18. The zero-order chi connectivity index (χ0) is 8.10. The second-order valence-electron chi connectivity index (χ2n) is 2.59. The number of carbonyl (C=O) groups is 1. The Hall–Kier alpha value is -0.220. The van der Waals surface area contributed by atoms with Gasteiger partial charge in [-0.2, -0.15) is 11.8 Å². The summed E-state index contributed by atoms with van der Waals surface area (Å²) in [5, 5.41) is 3.02. The molecule has 3 nitrogen and oxygen atoms in total. The Kier molecular flexibility index (Phi) is 3.72. The molecule has 1 heterocycles. The molecule has 1 amide bonds. The molecule has 1 rings (SSSR count). The van der Waals surface area contributed by atoms with E-state index >= 15 is 0 Å². The number of nitrogens with zero attached hydrogens (tertiary/aromatic N) is 1. The molecule has 1 saturated heterocycles. The molecular weight excluding hydrogens is 160 g/mol. The molecule has 0 unspecified atom stereocenters. The number of thioether (sulfide) groups is 1. The van der Waals surface area contributed by atoms with Crippen molar-refractivity contribution in [2.75, 3.05) is 31.8 Å². The van der Waals surface area contributed by atoms with E-state index in [0.717, 1.165) is 25.4 Å². The van der Waals surface area contributed by atoms with Crippen LogP contribution in [0.4, 0.5) is 0 Å². The van der Waals surface area contributed by atoms with Crippen molar-refractivity contribution in [3.63, 3.8) is 0 Å². The summed E-state index contributed by atoms with van der Waals surface area (Å²) >= 11 is 1.83. The second kappa shape index (κ2) is 4.62. The Labute approximate surface area is 71.5 Å². The maximum Gasteiger partial charge on any atom is 0.237 e. The van der Waals surface area contributed by atoms with Crippen molar-refractivity contribution < 1.29 is 4.79 Å². The zero-order valence-electron chi connectivity index (χ0n) is 6.80. The first kappa shape index (κ1) is 8.87. The van der Waals surface area contributed by atoms with Gasteiger partial charge in [-0.25, -0.2) is 0 Å². The fraction of sp³-hybridized carbons (Fsp3) is 0.857. The third-order valence-corrected chi connectivity index (χ3v) is 2.41. The molecule has 11 heavy (non-hydrogen) atoms. The number of amides is 1. The number of rotatable bonds is 4. The van der Waals surface area contributed by atoms with Crippen LogP contribution in [-0.4, -0.2) is 42.6 Å². The van der Waals surface area contributed by atoms with Gasteiger partial charge in [-0.15, -0.1) is 0 Å². The minimum absolute atomic E-state index is 0.242. The van der Waals surface area contributed by atoms with E-state index in [0.29, 0.717) is 6.54 Å². The minimum atomic E-state index is 0.242. The molecule has 1 aliphatic rings. The highest BCUT2D eigenvalue weighted by molar-refractivity contribution is 7.98. The Morgan fingerprint density at radius 1 is 1.73 bits per heavy atom. The number of nitrogens with one attached hydrogen (secondary N) is 1. The minimum Gasteiger partial charge on any atom is -0.329 e. The molecule has 0 radical (unpaired) electrons. The number of hydrogen-bond donors (Lipinski definition) is 1. The summed E-state index contributed by atoms with van der Waals surface area (Å²) in [4.78, 5) is 12.9. The van der Waals surface area contributed by atoms with Gasteiger partial charge in [0, 0.05) is 6.54 Å². The van der Waals surface area contributed by atoms with Gasteiger partial charge < -0.3 is 4.90 Å². The Morgan fingerprint density at radius 2 is 2.55 bits per heavy atom. The van der Waals surface area contributed by atoms with Gasteiger partial charge in [0.2, 0.25) is 5.91 Å². The summed E-state index contributed by atoms with van der Waals surface area (Å²) in [7, 11) is 0. The maximum absolute atomic E-state index is 11.0. The topological polar surface area (TPSA) is 32.3 Å². The lowest BCUT2D eigenvalue weighted by Crippen LogP contribution is -2.27. The predicted octanol–water partition coefficient (Wildman–Crippen LogP) is 0.129. The lowest BCUT2D eigenvalue weighted by Gasteiger charge is -2.13. The van der Waals surface area contributed by atoms with Crippen LogP contribution in [0, 0.1) is 0 Å². The van der Waals surface area contributed by atoms with Crippen LogP contribution in [0.1, 0.15) is 6.42 Å². The van der Waals surface area contributed by atoms with E-state index in [9.17, 15) is 4.79 Å². The van der Waals surface area contributed by atoms with Gasteiger partial charge in [0.05, 0.1) is 13.2 Å². The molecule has 0 aromatic carbocycles. The normalized spacial score (nSPS) is 17.9. The second-order valence-corrected chi connectivity index (χ2v) is 3.57. The number of carbonyl (C=O) groups excluding carboxylic acids is 1. The van der Waals surface area contributed by atoms with Crippen LogP contribution in [0.3, 0.4) is 0 Å². The van der Waals surface area contributed by atoms with Crippen LogP contribution in [0.25, 0.3) is 0 Å². The summed E-state index contributed by atoms with van der Waals surface area (Å²) < 4.78 is 0. The van der Waals surface area contributed by atoms with Gasteiger partial charge in [0.25, 0.3) is 0 Å². The van der Waals surface area contributed by atoms with Crippen molar-refractivity contribution in [2.45, 2.75) is 6.42 Å². The molecule has 64 valence electrons. The molecule has 0 atom stereocenters. The molecule has 0 saturated carbocycles. The fourth-order valence-electron chi connectivity index (χ4n) is 1.10. The third-order valence-electron chi connectivity index (χ3n) is 1.71. The van der Waals surface area contributed by atoms with E-state index in [1.807, 2.05) is 16.7 Å². The van der Waals surface area contributed by atoms with Crippen LogP contribution < -0.4 is 5.32 Å². The SMILES string of the molecule is CSCCCN1CNCC1=O. The van der Waals surface area contributed by atoms with Gasteiger partial charge in [-0.05, 0) is 18.4 Å². The van der Waals surface area contributed by atoms with Gasteiger partial charge in [0.15, 0.2) is 0 Å². The fourth-order valence-corrected chi connectivity index (χ4v) is 1.52. The highest BCUT2D eigenvalue weighted by Crippen LogP contribution is 2.00. The lowest BCUT2D eigenvalue weighted by molar-refractivity contribution is -0.126. The van der Waals surface area contributed by atoms with Crippen molar-refractivity contribution in [3.8, 4) is 0 Å². The molecule has 1 aliphatic heterocycles. The van der Waals surface area contributed by atoms with E-state index in [-0.39, 0.29) is 5.91 Å². The smallest absolute Gasteiger partial charge is 0.237 e. The van der Waals surface area contributed by atoms with Crippen LogP contribution >= 0.6 is 11.8 Å². The standard InChI is InChI=1S/C7H14N2OS/c1-11-4-2-3-9-6-8-5-7(9)10/h8H,2-6H2,1H3. The van der Waals surface area contributed by atoms with Gasteiger partial charge in [0.1, 0.15) is 0 Å². The molecule has 0 aliphatic carbocycles. The van der Waals surface area contributed by atoms with Gasteiger partial charge >= 0.3 is 0 Å². The lowest BCUT2D eigenvalue weighted by atomic mass is 10.4. The maximum atomic E-state index is 11.0. The summed E-state index contributed by atoms with van der Waals surface area (Å²) in [5.74, 6) is 1.38. The van der Waals surface area contributed by atoms with Crippen molar-refractivity contribution in [2.24, 2.45) is 0 Å². The predicted molar refractivity (Wildman–Crippen MR) is 47.6 cm³/mol. The number of hydrogen-bond acceptors (Lipinski definition) is 3.